The fourth-order valence-corrected chi connectivity index (χ4v) is 10.3. The van der Waals surface area contributed by atoms with Gasteiger partial charge in [0.15, 0.2) is 0 Å². The summed E-state index contributed by atoms with van der Waals surface area (Å²) in [7, 11) is 1.46. The first-order valence-corrected chi connectivity index (χ1v) is 23.1. The number of carboxylic acid groups (broad SMARTS) is 1. The standard InChI is InChI=1S/C27H37NO3.C26H35NO3.CH4/c1-18-24-12-6-19(15-28-16-21(17-28)26(29)30-5)14-20(24)7-13-25(18)31-23-10-8-22(9-11-23)27(2,3)4;1-17-23-11-5-18(14-27-15-20(16-27)25(28)29)13-19(23)6-12-24(17)30-22-9-7-21(8-10-22)26(2,3)4;/h6-7,12-14,21-23H,8-11,15-17H2,1-5H3;5-6,11-13,20-22H,7-10,14-16H2,1-4H3,(H,28,29);1H4. The summed E-state index contributed by atoms with van der Waals surface area (Å²) in [5.74, 6) is 2.70. The highest BCUT2D eigenvalue weighted by molar-refractivity contribution is 5.89. The van der Waals surface area contributed by atoms with E-state index in [-0.39, 0.29) is 25.2 Å². The number of carbonyl (C=O) groups is 2. The second kappa shape index (κ2) is 19.7. The molecule has 0 amide bonds. The summed E-state index contributed by atoms with van der Waals surface area (Å²) >= 11 is 0. The molecule has 2 heterocycles. The Morgan fingerprint density at radius 3 is 1.34 bits per heavy atom. The van der Waals surface area contributed by atoms with Crippen molar-refractivity contribution in [1.29, 1.82) is 0 Å². The van der Waals surface area contributed by atoms with Crippen molar-refractivity contribution in [2.45, 2.75) is 139 Å². The number of carboxylic acids is 1. The number of hydrogen-bond acceptors (Lipinski definition) is 7. The van der Waals surface area contributed by atoms with E-state index in [1.54, 1.807) is 0 Å². The molecule has 0 atom stereocenters. The summed E-state index contributed by atoms with van der Waals surface area (Å²) in [4.78, 5) is 27.1. The van der Waals surface area contributed by atoms with E-state index in [4.69, 9.17) is 19.3 Å². The highest BCUT2D eigenvalue weighted by atomic mass is 16.5. The minimum atomic E-state index is -0.681. The molecule has 4 aromatic rings. The van der Waals surface area contributed by atoms with Crippen molar-refractivity contribution in [1.82, 2.24) is 9.80 Å². The van der Waals surface area contributed by atoms with Gasteiger partial charge >= 0.3 is 11.9 Å². The summed E-state index contributed by atoms with van der Waals surface area (Å²) in [6.45, 7) is 23.0. The molecule has 1 N–H and O–H groups in total. The molecule has 0 aromatic heterocycles. The van der Waals surface area contributed by atoms with Crippen LogP contribution in [0.25, 0.3) is 21.5 Å². The van der Waals surface area contributed by atoms with Crippen molar-refractivity contribution in [3.8, 4) is 11.5 Å². The molecule has 62 heavy (non-hydrogen) atoms. The Morgan fingerprint density at radius 1 is 0.597 bits per heavy atom. The second-order valence-electron chi connectivity index (χ2n) is 21.0. The number of rotatable bonds is 10. The van der Waals surface area contributed by atoms with Gasteiger partial charge in [-0.05, 0) is 156 Å². The lowest BCUT2D eigenvalue weighted by molar-refractivity contribution is -0.151. The lowest BCUT2D eigenvalue weighted by atomic mass is 9.72. The molecule has 338 valence electrons. The molecule has 2 saturated heterocycles. The molecule has 0 radical (unpaired) electrons. The average molecular weight is 849 g/mol. The van der Waals surface area contributed by atoms with E-state index in [1.807, 2.05) is 0 Å². The van der Waals surface area contributed by atoms with Gasteiger partial charge in [0.25, 0.3) is 0 Å². The number of nitrogens with zero attached hydrogens (tertiary/aromatic N) is 2. The van der Waals surface area contributed by atoms with Crippen molar-refractivity contribution in [3.63, 3.8) is 0 Å². The third kappa shape index (κ3) is 11.3. The van der Waals surface area contributed by atoms with Crippen molar-refractivity contribution in [3.05, 3.63) is 82.9 Å². The van der Waals surface area contributed by atoms with Gasteiger partial charge in [-0.2, -0.15) is 0 Å². The van der Waals surface area contributed by atoms with Crippen LogP contribution in [0.4, 0.5) is 0 Å². The Balaban J connectivity index is 0.000000204. The largest absolute Gasteiger partial charge is 0.490 e. The monoisotopic (exact) mass is 849 g/mol. The number of aliphatic carboxylic acids is 1. The predicted molar refractivity (Wildman–Crippen MR) is 253 cm³/mol. The highest BCUT2D eigenvalue weighted by Crippen LogP contribution is 2.41. The van der Waals surface area contributed by atoms with E-state index in [0.29, 0.717) is 36.1 Å². The third-order valence-corrected chi connectivity index (χ3v) is 14.6. The van der Waals surface area contributed by atoms with E-state index in [1.165, 1.54) is 76.6 Å². The fourth-order valence-electron chi connectivity index (χ4n) is 10.3. The number of benzene rings is 4. The Labute approximate surface area is 372 Å². The smallest absolute Gasteiger partial charge is 0.311 e. The first kappa shape index (κ1) is 47.3. The number of carbonyl (C=O) groups excluding carboxylic acids is 1. The lowest BCUT2D eigenvalue weighted by Crippen LogP contribution is -2.49. The second-order valence-corrected chi connectivity index (χ2v) is 21.0. The quantitative estimate of drug-likeness (QED) is 0.158. The van der Waals surface area contributed by atoms with Gasteiger partial charge in [0.1, 0.15) is 11.5 Å². The maximum Gasteiger partial charge on any atom is 0.311 e. The molecule has 0 spiro atoms. The third-order valence-electron chi connectivity index (χ3n) is 14.6. The number of fused-ring (bicyclic) bond motifs is 2. The van der Waals surface area contributed by atoms with Crippen LogP contribution in [0.15, 0.2) is 60.7 Å². The number of likely N-dealkylation sites (tertiary alicyclic amines) is 2. The molecule has 2 aliphatic carbocycles. The van der Waals surface area contributed by atoms with Crippen LogP contribution in [0.3, 0.4) is 0 Å². The molecule has 0 unspecified atom stereocenters. The van der Waals surface area contributed by atoms with Crippen LogP contribution in [0.2, 0.25) is 0 Å². The normalized spacial score (nSPS) is 22.7. The van der Waals surface area contributed by atoms with Gasteiger partial charge in [0.05, 0.1) is 31.2 Å². The number of esters is 1. The Bertz CT molecular complexity index is 2160. The highest BCUT2D eigenvalue weighted by Gasteiger charge is 2.35. The van der Waals surface area contributed by atoms with Crippen molar-refractivity contribution >= 4 is 33.5 Å². The molecule has 0 bridgehead atoms. The van der Waals surface area contributed by atoms with Gasteiger partial charge < -0.3 is 19.3 Å². The van der Waals surface area contributed by atoms with Crippen LogP contribution in [0, 0.1) is 48.3 Å². The minimum absolute atomic E-state index is 0. The Morgan fingerprint density at radius 2 is 0.984 bits per heavy atom. The molecule has 2 aliphatic heterocycles. The van der Waals surface area contributed by atoms with Gasteiger partial charge in [-0.15, -0.1) is 0 Å². The van der Waals surface area contributed by atoms with E-state index < -0.39 is 5.97 Å². The number of aryl methyl sites for hydroxylation is 2. The molecule has 2 saturated carbocycles. The number of hydrogen-bond donors (Lipinski definition) is 1. The van der Waals surface area contributed by atoms with Crippen LogP contribution >= 0.6 is 0 Å². The predicted octanol–water partition coefficient (Wildman–Crippen LogP) is 12.0. The molecule has 4 fully saturated rings. The first-order valence-electron chi connectivity index (χ1n) is 23.1. The van der Waals surface area contributed by atoms with E-state index in [0.717, 1.165) is 75.2 Å². The molecule has 8 nitrogen and oxygen atoms in total. The van der Waals surface area contributed by atoms with Gasteiger partial charge in [0, 0.05) is 39.3 Å². The van der Waals surface area contributed by atoms with Gasteiger partial charge in [-0.25, -0.2) is 0 Å². The topological polar surface area (TPSA) is 88.5 Å². The maximum absolute atomic E-state index is 11.6. The molecule has 8 rings (SSSR count). The lowest BCUT2D eigenvalue weighted by Gasteiger charge is -2.37. The summed E-state index contributed by atoms with van der Waals surface area (Å²) in [6, 6.07) is 21.9. The minimum Gasteiger partial charge on any atom is -0.490 e. The van der Waals surface area contributed by atoms with Crippen LogP contribution in [0.5, 0.6) is 11.5 Å². The number of methoxy groups -OCH3 is 1. The summed E-state index contributed by atoms with van der Waals surface area (Å²) < 4.78 is 17.7. The first-order chi connectivity index (χ1) is 28.9. The van der Waals surface area contributed by atoms with Crippen molar-refractivity contribution < 1.29 is 28.9 Å². The zero-order valence-electron chi connectivity index (χ0n) is 38.5. The maximum atomic E-state index is 11.6. The molecular formula is C54H76N2O6. The van der Waals surface area contributed by atoms with Crippen LogP contribution in [0.1, 0.15) is 123 Å². The zero-order valence-corrected chi connectivity index (χ0v) is 38.5. The van der Waals surface area contributed by atoms with Gasteiger partial charge in [-0.3, -0.25) is 19.4 Å². The SMILES string of the molecule is C.COC(=O)C1CN(Cc2ccc3c(C)c(OC4CCC(C(C)(C)C)CC4)ccc3c2)C1.Cc1c(OC2CCC(C(C)(C)C)CC2)ccc2cc(CN3CC(C(=O)O)C3)ccc12. The van der Waals surface area contributed by atoms with E-state index in [9.17, 15) is 9.59 Å². The van der Waals surface area contributed by atoms with Crippen molar-refractivity contribution in [2.24, 2.45) is 34.5 Å². The van der Waals surface area contributed by atoms with Gasteiger partial charge in [0.2, 0.25) is 0 Å². The Hall–Kier alpha value is -4.14. The van der Waals surface area contributed by atoms with Crippen LogP contribution in [-0.2, 0) is 27.4 Å². The fraction of sp³-hybridized carbons (Fsp3) is 0.593. The van der Waals surface area contributed by atoms with Crippen LogP contribution in [-0.4, -0.2) is 72.3 Å². The molecule has 8 heteroatoms. The van der Waals surface area contributed by atoms with Gasteiger partial charge in [-0.1, -0.05) is 85.4 Å². The average Bonchev–Trinajstić information content (AvgIpc) is 3.19. The summed E-state index contributed by atoms with van der Waals surface area (Å²) in [5.41, 5.74) is 5.76. The molecular weight excluding hydrogens is 773 g/mol. The summed E-state index contributed by atoms with van der Waals surface area (Å²) in [6.07, 6.45) is 10.3. The molecule has 4 aromatic carbocycles. The van der Waals surface area contributed by atoms with Crippen molar-refractivity contribution in [2.75, 3.05) is 33.3 Å². The number of ether oxygens (including phenoxy) is 3. The Kier molecular flexibility index (Phi) is 15.1. The summed E-state index contributed by atoms with van der Waals surface area (Å²) in [5, 5.41) is 14.0. The molecule has 4 aliphatic rings. The zero-order chi connectivity index (χ0) is 43.6. The van der Waals surface area contributed by atoms with E-state index >= 15 is 0 Å². The van der Waals surface area contributed by atoms with Crippen LogP contribution < -0.4 is 9.47 Å². The van der Waals surface area contributed by atoms with E-state index in [2.05, 4.69) is 126 Å².